The maximum Gasteiger partial charge on any atom is 0.411 e. The second-order valence-electron chi connectivity index (χ2n) is 14.0. The highest BCUT2D eigenvalue weighted by atomic mass is 31.1. The zero-order valence-corrected chi connectivity index (χ0v) is 34.4. The van der Waals surface area contributed by atoms with E-state index in [2.05, 4.69) is 6.92 Å². The lowest BCUT2D eigenvalue weighted by Crippen LogP contribution is -2.47. The summed E-state index contributed by atoms with van der Waals surface area (Å²) in [5.74, 6) is -1.40. The van der Waals surface area contributed by atoms with Crippen LogP contribution in [0.4, 0.5) is 4.79 Å². The van der Waals surface area contributed by atoms with Crippen LogP contribution in [0, 0.1) is 0 Å². The van der Waals surface area contributed by atoms with Crippen LogP contribution in [-0.4, -0.2) is 103 Å². The van der Waals surface area contributed by atoms with Crippen molar-refractivity contribution in [2.24, 2.45) is 0 Å². The molecule has 2 aromatic carbocycles. The molecular weight excluding hydrogens is 741 g/mol. The smallest absolute Gasteiger partial charge is 0.411 e. The van der Waals surface area contributed by atoms with Crippen LogP contribution in [0.5, 0.6) is 0 Å². The minimum atomic E-state index is -2.82. The number of rotatable bonds is 28. The van der Waals surface area contributed by atoms with Gasteiger partial charge >= 0.3 is 19.7 Å². The molecule has 13 nitrogen and oxygen atoms in total. The summed E-state index contributed by atoms with van der Waals surface area (Å²) in [6.07, 6.45) is 17.2. The Bertz CT molecular complexity index is 1380. The zero-order valence-electron chi connectivity index (χ0n) is 33.5. The number of methoxy groups -OCH3 is 1. The molecule has 0 bridgehead atoms. The van der Waals surface area contributed by atoms with Crippen molar-refractivity contribution in [3.63, 3.8) is 0 Å². The Morgan fingerprint density at radius 3 is 1.95 bits per heavy atom. The van der Waals surface area contributed by atoms with Crippen LogP contribution in [0.25, 0.3) is 0 Å². The Kier molecular flexibility index (Phi) is 27.0. The minimum Gasteiger partial charge on any atom is -0.480 e. The third-order valence-electron chi connectivity index (χ3n) is 9.62. The summed E-state index contributed by atoms with van der Waals surface area (Å²) < 4.78 is 50.1. The van der Waals surface area contributed by atoms with Gasteiger partial charge in [-0.1, -0.05) is 120 Å². The van der Waals surface area contributed by atoms with Gasteiger partial charge in [-0.3, -0.25) is 4.90 Å². The van der Waals surface area contributed by atoms with Gasteiger partial charge < -0.3 is 39.0 Å². The maximum absolute atomic E-state index is 12.5. The third-order valence-corrected chi connectivity index (χ3v) is 10.3. The van der Waals surface area contributed by atoms with Crippen LogP contribution in [0.1, 0.15) is 108 Å². The van der Waals surface area contributed by atoms with Gasteiger partial charge in [0, 0.05) is 13.7 Å². The van der Waals surface area contributed by atoms with E-state index in [0.29, 0.717) is 23.8 Å². The topological polar surface area (TPSA) is 178 Å². The first-order valence-electron chi connectivity index (χ1n) is 20.2. The zero-order chi connectivity index (χ0) is 40.8. The summed E-state index contributed by atoms with van der Waals surface area (Å²) in [5.41, 5.74) is 1.11. The SMILES string of the molecule is CCCCCCCCCCC1OCCOC1CCCCCCOCC(CO)OC.O=C(O)[C@H](CO)N(Cc1cccc(P(=O)=O)c1)C(=O)OCc1ccccc1. The molecule has 0 saturated carbocycles. The van der Waals surface area contributed by atoms with Gasteiger partial charge in [-0.15, -0.1) is 0 Å². The normalized spacial score (nSPS) is 16.3. The number of carboxylic acid groups (broad SMARTS) is 1. The lowest BCUT2D eigenvalue weighted by Gasteiger charge is -2.32. The van der Waals surface area contributed by atoms with Crippen molar-refractivity contribution in [1.82, 2.24) is 4.90 Å². The van der Waals surface area contributed by atoms with Gasteiger partial charge in [-0.25, -0.2) is 18.7 Å². The van der Waals surface area contributed by atoms with Crippen molar-refractivity contribution in [3.05, 3.63) is 65.7 Å². The summed E-state index contributed by atoms with van der Waals surface area (Å²) in [6.45, 7) is 3.89. The van der Waals surface area contributed by atoms with Gasteiger partial charge in [0.1, 0.15) is 12.7 Å². The molecule has 2 aromatic rings. The second-order valence-corrected chi connectivity index (χ2v) is 15.1. The average Bonchev–Trinajstić information content (AvgIpc) is 3.21. The summed E-state index contributed by atoms with van der Waals surface area (Å²) in [4.78, 5) is 24.7. The van der Waals surface area contributed by atoms with Gasteiger partial charge in [0.2, 0.25) is 0 Å². The van der Waals surface area contributed by atoms with E-state index in [1.807, 2.05) is 0 Å². The number of unbranched alkanes of at least 4 members (excludes halogenated alkanes) is 10. The molecule has 1 saturated heterocycles. The molecule has 56 heavy (non-hydrogen) atoms. The summed E-state index contributed by atoms with van der Waals surface area (Å²) in [6, 6.07) is 13.0. The Morgan fingerprint density at radius 2 is 1.39 bits per heavy atom. The molecule has 1 aliphatic rings. The van der Waals surface area contributed by atoms with Gasteiger partial charge in [0.25, 0.3) is 0 Å². The number of carbonyl (C=O) groups is 2. The lowest BCUT2D eigenvalue weighted by atomic mass is 9.99. The number of benzene rings is 2. The molecule has 4 atom stereocenters. The van der Waals surface area contributed by atoms with Crippen LogP contribution in [-0.2, 0) is 50.8 Å². The van der Waals surface area contributed by atoms with E-state index in [-0.39, 0.29) is 37.3 Å². The van der Waals surface area contributed by atoms with Crippen molar-refractivity contribution < 1.29 is 57.7 Å². The molecule has 1 heterocycles. The molecule has 1 aliphatic heterocycles. The van der Waals surface area contributed by atoms with E-state index in [9.17, 15) is 28.9 Å². The third kappa shape index (κ3) is 20.8. The number of aliphatic carboxylic acids is 1. The number of aliphatic hydroxyl groups is 2. The van der Waals surface area contributed by atoms with Crippen LogP contribution in [0.2, 0.25) is 0 Å². The fourth-order valence-electron chi connectivity index (χ4n) is 6.32. The van der Waals surface area contributed by atoms with Crippen molar-refractivity contribution in [1.29, 1.82) is 0 Å². The molecular formula is C42H66NO12P. The molecule has 316 valence electrons. The number of hydrogen-bond acceptors (Lipinski definition) is 11. The quantitative estimate of drug-likeness (QED) is 0.0576. The number of carbonyl (C=O) groups excluding carboxylic acids is 1. The van der Waals surface area contributed by atoms with Crippen LogP contribution in [0.3, 0.4) is 0 Å². The van der Waals surface area contributed by atoms with E-state index in [1.54, 1.807) is 43.5 Å². The van der Waals surface area contributed by atoms with Gasteiger partial charge in [-0.2, -0.15) is 0 Å². The predicted molar refractivity (Wildman–Crippen MR) is 214 cm³/mol. The summed E-state index contributed by atoms with van der Waals surface area (Å²) in [7, 11) is -1.22. The van der Waals surface area contributed by atoms with E-state index in [4.69, 9.17) is 28.8 Å². The van der Waals surface area contributed by atoms with E-state index in [0.717, 1.165) is 44.0 Å². The predicted octanol–water partition coefficient (Wildman–Crippen LogP) is 7.34. The second kappa shape index (κ2) is 30.9. The molecule has 0 aliphatic carbocycles. The number of carboxylic acids is 1. The molecule has 3 N–H and O–H groups in total. The van der Waals surface area contributed by atoms with E-state index in [1.165, 1.54) is 88.8 Å². The monoisotopic (exact) mass is 807 g/mol. The minimum absolute atomic E-state index is 0.0140. The first-order chi connectivity index (χ1) is 27.2. The van der Waals surface area contributed by atoms with Gasteiger partial charge in [0.05, 0.1) is 57.1 Å². The Morgan fingerprint density at radius 1 is 0.804 bits per heavy atom. The van der Waals surface area contributed by atoms with Crippen molar-refractivity contribution >= 4 is 25.0 Å². The Hall–Kier alpha value is -3.16. The van der Waals surface area contributed by atoms with Crippen LogP contribution in [0.15, 0.2) is 54.6 Å². The average molecular weight is 808 g/mol. The highest BCUT2D eigenvalue weighted by molar-refractivity contribution is 7.40. The molecule has 3 rings (SSSR count). The Balaban J connectivity index is 0.000000388. The van der Waals surface area contributed by atoms with Crippen molar-refractivity contribution in [3.8, 4) is 0 Å². The fraction of sp³-hybridized carbons (Fsp3) is 0.667. The largest absolute Gasteiger partial charge is 0.480 e. The number of hydrogen-bond donors (Lipinski definition) is 3. The summed E-state index contributed by atoms with van der Waals surface area (Å²) >= 11 is 0. The molecule has 1 amide bonds. The number of aliphatic hydroxyl groups excluding tert-OH is 2. The first kappa shape index (κ1) is 49.0. The molecule has 1 fully saturated rings. The van der Waals surface area contributed by atoms with Gasteiger partial charge in [0.15, 0.2) is 6.04 Å². The number of nitrogens with zero attached hydrogens (tertiary/aromatic N) is 1. The van der Waals surface area contributed by atoms with E-state index < -0.39 is 32.4 Å². The number of amides is 1. The summed E-state index contributed by atoms with van der Waals surface area (Å²) in [5, 5.41) is 27.8. The highest BCUT2D eigenvalue weighted by Crippen LogP contribution is 2.22. The Labute approximate surface area is 333 Å². The highest BCUT2D eigenvalue weighted by Gasteiger charge is 2.31. The molecule has 0 aromatic heterocycles. The van der Waals surface area contributed by atoms with Crippen molar-refractivity contribution in [2.45, 2.75) is 134 Å². The molecule has 14 heteroatoms. The lowest BCUT2D eigenvalue weighted by molar-refractivity contribution is -0.145. The van der Waals surface area contributed by atoms with E-state index >= 15 is 0 Å². The van der Waals surface area contributed by atoms with Gasteiger partial charge in [-0.05, 0) is 42.5 Å². The molecule has 3 unspecified atom stereocenters. The fourth-order valence-corrected chi connectivity index (χ4v) is 6.80. The molecule has 0 radical (unpaired) electrons. The molecule has 0 spiro atoms. The van der Waals surface area contributed by atoms with Crippen LogP contribution < -0.4 is 5.30 Å². The van der Waals surface area contributed by atoms with Crippen LogP contribution >= 0.6 is 7.68 Å². The van der Waals surface area contributed by atoms with Crippen molar-refractivity contribution in [2.75, 3.05) is 46.8 Å². The number of ether oxygens (including phenoxy) is 5. The first-order valence-corrected chi connectivity index (χ1v) is 21.4. The maximum atomic E-state index is 12.5. The standard InChI is InChI=1S/C24H48O5.C18H18NO7P/c1-3-4-5-6-7-8-9-12-15-23-24(29-19-18-28-23)16-13-10-11-14-17-27-21-22(20-25)26-2;20-11-16(17(21)22)19(10-14-7-4-8-15(9-14)27(24)25)18(23)26-12-13-5-2-1-3-6-13/h22-25H,3-21H2,1-2H3;1-9,16,20H,10-12H2,(H,21,22)/t;16-/m.0/s1.